The standard InChI is InChI=1S/C27H34N6O2/c1-2-3-5-12-24(34)29-27(17-8-4-9-18-27)26(35)28-19-20-13-15-21(16-14-20)22-10-6-7-11-23(22)25-30-32-33-31-25/h6-7,10-11,13-16H,2-5,8-9,12,17-19H2,1H3,(H,28,35)(H,29,34)(H,30,31,32,33). The monoisotopic (exact) mass is 474 g/mol. The maximum absolute atomic E-state index is 13.3. The lowest BCUT2D eigenvalue weighted by Crippen LogP contribution is -2.59. The van der Waals surface area contributed by atoms with Crippen LogP contribution in [-0.4, -0.2) is 38.0 Å². The van der Waals surface area contributed by atoms with Crippen LogP contribution in [0.15, 0.2) is 48.5 Å². The fourth-order valence-electron chi connectivity index (χ4n) is 4.79. The third-order valence-electron chi connectivity index (χ3n) is 6.76. The van der Waals surface area contributed by atoms with Gasteiger partial charge in [0.25, 0.3) is 0 Å². The second kappa shape index (κ2) is 11.7. The Balaban J connectivity index is 1.41. The second-order valence-corrected chi connectivity index (χ2v) is 9.31. The molecule has 0 atom stereocenters. The molecule has 2 amide bonds. The number of aromatic amines is 1. The van der Waals surface area contributed by atoms with Gasteiger partial charge >= 0.3 is 0 Å². The molecule has 1 aliphatic rings. The van der Waals surface area contributed by atoms with Crippen LogP contribution in [0.4, 0.5) is 0 Å². The highest BCUT2D eigenvalue weighted by molar-refractivity contribution is 5.91. The zero-order chi connectivity index (χ0) is 24.5. The van der Waals surface area contributed by atoms with Crippen molar-refractivity contribution in [2.75, 3.05) is 0 Å². The minimum Gasteiger partial charge on any atom is -0.350 e. The van der Waals surface area contributed by atoms with E-state index < -0.39 is 5.54 Å². The Morgan fingerprint density at radius 1 is 0.971 bits per heavy atom. The number of tetrazole rings is 1. The molecule has 0 saturated heterocycles. The molecule has 8 nitrogen and oxygen atoms in total. The second-order valence-electron chi connectivity index (χ2n) is 9.31. The Morgan fingerprint density at radius 3 is 2.40 bits per heavy atom. The Kier molecular flexibility index (Phi) is 8.23. The number of amides is 2. The number of hydrogen-bond acceptors (Lipinski definition) is 5. The minimum absolute atomic E-state index is 0.0138. The van der Waals surface area contributed by atoms with Gasteiger partial charge in [0.1, 0.15) is 5.54 Å². The number of nitrogens with one attached hydrogen (secondary N) is 3. The molecule has 3 N–H and O–H groups in total. The van der Waals surface area contributed by atoms with Crippen LogP contribution in [0.3, 0.4) is 0 Å². The molecule has 4 rings (SSSR count). The van der Waals surface area contributed by atoms with Gasteiger partial charge in [0.15, 0.2) is 0 Å². The smallest absolute Gasteiger partial charge is 0.246 e. The molecular weight excluding hydrogens is 440 g/mol. The first kappa shape index (κ1) is 24.6. The van der Waals surface area contributed by atoms with E-state index in [9.17, 15) is 9.59 Å². The number of H-pyrrole nitrogens is 1. The van der Waals surface area contributed by atoms with Gasteiger partial charge in [-0.05, 0) is 41.2 Å². The maximum Gasteiger partial charge on any atom is 0.246 e. The zero-order valence-electron chi connectivity index (χ0n) is 20.3. The predicted octanol–water partition coefficient (Wildman–Crippen LogP) is 4.55. The molecule has 184 valence electrons. The van der Waals surface area contributed by atoms with E-state index in [0.29, 0.717) is 31.6 Å². The van der Waals surface area contributed by atoms with Gasteiger partial charge in [-0.15, -0.1) is 10.2 Å². The van der Waals surface area contributed by atoms with Crippen molar-refractivity contribution in [3.8, 4) is 22.5 Å². The van der Waals surface area contributed by atoms with Crippen molar-refractivity contribution in [1.29, 1.82) is 0 Å². The number of hydrogen-bond donors (Lipinski definition) is 3. The normalized spacial score (nSPS) is 14.9. The summed E-state index contributed by atoms with van der Waals surface area (Å²) in [5.41, 5.74) is 3.15. The number of unbranched alkanes of at least 4 members (excludes halogenated alkanes) is 2. The van der Waals surface area contributed by atoms with Crippen LogP contribution in [0.2, 0.25) is 0 Å². The van der Waals surface area contributed by atoms with Gasteiger partial charge in [-0.2, -0.15) is 5.21 Å². The van der Waals surface area contributed by atoms with Crippen molar-refractivity contribution >= 4 is 11.8 Å². The van der Waals surface area contributed by atoms with E-state index in [4.69, 9.17) is 0 Å². The molecule has 1 heterocycles. The largest absolute Gasteiger partial charge is 0.350 e. The van der Waals surface area contributed by atoms with Crippen LogP contribution in [0, 0.1) is 0 Å². The van der Waals surface area contributed by atoms with Crippen LogP contribution in [0.25, 0.3) is 22.5 Å². The number of carbonyl (C=O) groups excluding carboxylic acids is 2. The molecule has 8 heteroatoms. The topological polar surface area (TPSA) is 113 Å². The van der Waals surface area contributed by atoms with E-state index in [-0.39, 0.29) is 11.8 Å². The van der Waals surface area contributed by atoms with E-state index >= 15 is 0 Å². The van der Waals surface area contributed by atoms with Crippen LogP contribution in [0.5, 0.6) is 0 Å². The lowest BCUT2D eigenvalue weighted by atomic mass is 9.80. The molecule has 1 saturated carbocycles. The summed E-state index contributed by atoms with van der Waals surface area (Å²) >= 11 is 0. The van der Waals surface area contributed by atoms with Crippen LogP contribution < -0.4 is 10.6 Å². The molecule has 0 spiro atoms. The number of rotatable bonds is 10. The lowest BCUT2D eigenvalue weighted by molar-refractivity contribution is -0.135. The Labute approximate surface area is 206 Å². The van der Waals surface area contributed by atoms with E-state index in [1.165, 1.54) is 0 Å². The van der Waals surface area contributed by atoms with E-state index in [0.717, 1.165) is 60.8 Å². The lowest BCUT2D eigenvalue weighted by Gasteiger charge is -2.36. The number of carbonyl (C=O) groups is 2. The Bertz CT molecular complexity index is 1100. The number of benzene rings is 2. The van der Waals surface area contributed by atoms with Crippen molar-refractivity contribution in [3.05, 3.63) is 54.1 Å². The zero-order valence-corrected chi connectivity index (χ0v) is 20.3. The molecule has 0 aliphatic heterocycles. The summed E-state index contributed by atoms with van der Waals surface area (Å²) in [7, 11) is 0. The highest BCUT2D eigenvalue weighted by atomic mass is 16.2. The summed E-state index contributed by atoms with van der Waals surface area (Å²) in [6, 6.07) is 16.0. The summed E-state index contributed by atoms with van der Waals surface area (Å²) in [5.74, 6) is 0.458. The van der Waals surface area contributed by atoms with Crippen LogP contribution in [-0.2, 0) is 16.1 Å². The third kappa shape index (κ3) is 6.12. The van der Waals surface area contributed by atoms with Crippen molar-refractivity contribution in [2.45, 2.75) is 76.8 Å². The van der Waals surface area contributed by atoms with Gasteiger partial charge in [0.05, 0.1) is 0 Å². The first-order valence-electron chi connectivity index (χ1n) is 12.6. The third-order valence-corrected chi connectivity index (χ3v) is 6.76. The first-order valence-corrected chi connectivity index (χ1v) is 12.6. The van der Waals surface area contributed by atoms with Crippen molar-refractivity contribution in [2.24, 2.45) is 0 Å². The first-order chi connectivity index (χ1) is 17.1. The molecule has 1 aromatic heterocycles. The van der Waals surface area contributed by atoms with Crippen LogP contribution in [0.1, 0.15) is 70.3 Å². The summed E-state index contributed by atoms with van der Waals surface area (Å²) < 4.78 is 0. The molecule has 35 heavy (non-hydrogen) atoms. The van der Waals surface area contributed by atoms with Crippen molar-refractivity contribution in [3.63, 3.8) is 0 Å². The van der Waals surface area contributed by atoms with Crippen molar-refractivity contribution in [1.82, 2.24) is 31.3 Å². The Morgan fingerprint density at radius 2 is 1.71 bits per heavy atom. The van der Waals surface area contributed by atoms with Gasteiger partial charge in [-0.3, -0.25) is 9.59 Å². The van der Waals surface area contributed by atoms with E-state index in [1.54, 1.807) is 0 Å². The van der Waals surface area contributed by atoms with E-state index in [2.05, 4.69) is 38.2 Å². The molecule has 1 fully saturated rings. The number of nitrogens with zero attached hydrogens (tertiary/aromatic N) is 3. The van der Waals surface area contributed by atoms with Crippen molar-refractivity contribution < 1.29 is 9.59 Å². The predicted molar refractivity (Wildman–Crippen MR) is 135 cm³/mol. The molecule has 3 aromatic rings. The molecular formula is C27H34N6O2. The SMILES string of the molecule is CCCCCC(=O)NC1(C(=O)NCc2ccc(-c3ccccc3-c3nn[nH]n3)cc2)CCCCC1. The molecule has 2 aromatic carbocycles. The van der Waals surface area contributed by atoms with Gasteiger partial charge in [0.2, 0.25) is 17.6 Å². The summed E-state index contributed by atoms with van der Waals surface area (Å²) in [6.07, 6.45) is 7.86. The van der Waals surface area contributed by atoms with Gasteiger partial charge in [0, 0.05) is 18.5 Å². The maximum atomic E-state index is 13.3. The highest BCUT2D eigenvalue weighted by Gasteiger charge is 2.40. The average molecular weight is 475 g/mol. The fourth-order valence-corrected chi connectivity index (χ4v) is 4.79. The molecule has 0 bridgehead atoms. The molecule has 0 unspecified atom stereocenters. The van der Waals surface area contributed by atoms with Gasteiger partial charge < -0.3 is 10.6 Å². The summed E-state index contributed by atoms with van der Waals surface area (Å²) in [6.45, 7) is 2.53. The van der Waals surface area contributed by atoms with Gasteiger partial charge in [-0.25, -0.2) is 0 Å². The highest BCUT2D eigenvalue weighted by Crippen LogP contribution is 2.31. The quantitative estimate of drug-likeness (QED) is 0.373. The van der Waals surface area contributed by atoms with Gasteiger partial charge in [-0.1, -0.05) is 87.6 Å². The summed E-state index contributed by atoms with van der Waals surface area (Å²) in [4.78, 5) is 25.8. The van der Waals surface area contributed by atoms with E-state index in [1.807, 2.05) is 48.5 Å². The fraction of sp³-hybridized carbons (Fsp3) is 0.444. The molecule has 1 aliphatic carbocycles. The average Bonchev–Trinajstić information content (AvgIpc) is 3.43. The van der Waals surface area contributed by atoms with Crippen LogP contribution >= 0.6 is 0 Å². The summed E-state index contributed by atoms with van der Waals surface area (Å²) in [5, 5.41) is 20.6. The number of aromatic nitrogens is 4. The Hall–Kier alpha value is -3.55. The molecule has 0 radical (unpaired) electrons. The minimum atomic E-state index is -0.787.